The zero-order valence-corrected chi connectivity index (χ0v) is 11.1. The number of anilines is 2. The van der Waals surface area contributed by atoms with Crippen LogP contribution in [-0.2, 0) is 0 Å². The first-order valence-electron chi connectivity index (χ1n) is 6.57. The summed E-state index contributed by atoms with van der Waals surface area (Å²) in [5.41, 5.74) is 7.46. The monoisotopic (exact) mass is 268 g/mol. The van der Waals surface area contributed by atoms with Gasteiger partial charge in [-0.25, -0.2) is 4.98 Å². The minimum atomic E-state index is 0.638. The Morgan fingerprint density at radius 3 is 2.85 bits per heavy atom. The Balaban J connectivity index is 2.07. The molecule has 0 aliphatic carbocycles. The van der Waals surface area contributed by atoms with E-state index >= 15 is 0 Å². The highest BCUT2D eigenvalue weighted by molar-refractivity contribution is 5.71. The van der Waals surface area contributed by atoms with E-state index in [1.54, 1.807) is 12.5 Å². The van der Waals surface area contributed by atoms with Crippen molar-refractivity contribution in [3.8, 4) is 0 Å². The first-order chi connectivity index (χ1) is 9.90. The lowest BCUT2D eigenvalue weighted by Crippen LogP contribution is -2.22. The molecule has 0 aliphatic heterocycles. The number of nitrogens with zero attached hydrogens (tertiary/aromatic N) is 5. The SMILES string of the molecule is NCCCN(c1ccccc1)c1nccn2cnnc12. The summed E-state index contributed by atoms with van der Waals surface area (Å²) in [7, 11) is 0. The van der Waals surface area contributed by atoms with Crippen molar-refractivity contribution in [1.82, 2.24) is 19.6 Å². The molecular formula is C14H16N6. The quantitative estimate of drug-likeness (QED) is 0.761. The van der Waals surface area contributed by atoms with Crippen molar-refractivity contribution in [2.75, 3.05) is 18.0 Å². The predicted octanol–water partition coefficient (Wildman–Crippen LogP) is 1.61. The van der Waals surface area contributed by atoms with Crippen LogP contribution >= 0.6 is 0 Å². The van der Waals surface area contributed by atoms with Crippen molar-refractivity contribution < 1.29 is 0 Å². The summed E-state index contributed by atoms with van der Waals surface area (Å²) >= 11 is 0. The first kappa shape index (κ1) is 12.6. The minimum Gasteiger partial charge on any atom is -0.330 e. The van der Waals surface area contributed by atoms with Crippen LogP contribution in [0.5, 0.6) is 0 Å². The Hall–Kier alpha value is -2.47. The van der Waals surface area contributed by atoms with Crippen LogP contribution in [0, 0.1) is 0 Å². The van der Waals surface area contributed by atoms with E-state index in [9.17, 15) is 0 Å². The first-order valence-corrected chi connectivity index (χ1v) is 6.57. The Morgan fingerprint density at radius 2 is 2.05 bits per heavy atom. The second-order valence-corrected chi connectivity index (χ2v) is 4.44. The van der Waals surface area contributed by atoms with E-state index in [0.29, 0.717) is 6.54 Å². The number of benzene rings is 1. The zero-order chi connectivity index (χ0) is 13.8. The summed E-state index contributed by atoms with van der Waals surface area (Å²) in [5, 5.41) is 8.09. The summed E-state index contributed by atoms with van der Waals surface area (Å²) in [6.07, 6.45) is 6.15. The molecule has 3 rings (SSSR count). The maximum absolute atomic E-state index is 5.65. The van der Waals surface area contributed by atoms with Gasteiger partial charge in [0, 0.05) is 24.6 Å². The molecule has 0 saturated carbocycles. The lowest BCUT2D eigenvalue weighted by Gasteiger charge is -2.23. The third kappa shape index (κ3) is 2.33. The van der Waals surface area contributed by atoms with Gasteiger partial charge in [-0.15, -0.1) is 10.2 Å². The van der Waals surface area contributed by atoms with E-state index in [0.717, 1.165) is 30.1 Å². The van der Waals surface area contributed by atoms with Gasteiger partial charge in [0.05, 0.1) is 0 Å². The smallest absolute Gasteiger partial charge is 0.204 e. The fourth-order valence-corrected chi connectivity index (χ4v) is 2.15. The van der Waals surface area contributed by atoms with E-state index in [1.165, 1.54) is 0 Å². The van der Waals surface area contributed by atoms with Gasteiger partial charge in [0.25, 0.3) is 0 Å². The topological polar surface area (TPSA) is 72.3 Å². The maximum atomic E-state index is 5.65. The van der Waals surface area contributed by atoms with Gasteiger partial charge in [0.15, 0.2) is 5.82 Å². The maximum Gasteiger partial charge on any atom is 0.204 e. The summed E-state index contributed by atoms with van der Waals surface area (Å²) in [6, 6.07) is 10.1. The largest absolute Gasteiger partial charge is 0.330 e. The molecular weight excluding hydrogens is 252 g/mol. The summed E-state index contributed by atoms with van der Waals surface area (Å²) < 4.78 is 1.86. The van der Waals surface area contributed by atoms with Crippen LogP contribution in [0.15, 0.2) is 49.1 Å². The number of fused-ring (bicyclic) bond motifs is 1. The van der Waals surface area contributed by atoms with Crippen molar-refractivity contribution in [2.24, 2.45) is 5.73 Å². The summed E-state index contributed by atoms with van der Waals surface area (Å²) in [5.74, 6) is 0.796. The number of para-hydroxylation sites is 1. The average molecular weight is 268 g/mol. The molecule has 2 N–H and O–H groups in total. The normalized spacial score (nSPS) is 10.8. The molecule has 6 heteroatoms. The Labute approximate surface area is 116 Å². The number of hydrogen-bond acceptors (Lipinski definition) is 5. The second-order valence-electron chi connectivity index (χ2n) is 4.44. The van der Waals surface area contributed by atoms with Crippen LogP contribution in [0.4, 0.5) is 11.5 Å². The summed E-state index contributed by atoms with van der Waals surface area (Å²) in [4.78, 5) is 6.59. The van der Waals surface area contributed by atoms with Crippen LogP contribution in [-0.4, -0.2) is 32.7 Å². The summed E-state index contributed by atoms with van der Waals surface area (Å²) in [6.45, 7) is 1.43. The van der Waals surface area contributed by atoms with Gasteiger partial charge >= 0.3 is 0 Å². The molecule has 2 aromatic heterocycles. The number of nitrogens with two attached hydrogens (primary N) is 1. The lowest BCUT2D eigenvalue weighted by molar-refractivity contribution is 0.809. The standard InChI is InChI=1S/C14H16N6/c15-7-4-9-20(12-5-2-1-3-6-12)13-14-18-17-11-19(14)10-8-16-13/h1-3,5-6,8,10-11H,4,7,9,15H2. The van der Waals surface area contributed by atoms with Crippen LogP contribution in [0.3, 0.4) is 0 Å². The Morgan fingerprint density at radius 1 is 1.20 bits per heavy atom. The molecule has 0 amide bonds. The van der Waals surface area contributed by atoms with Crippen LogP contribution in [0.2, 0.25) is 0 Å². The fraction of sp³-hybridized carbons (Fsp3) is 0.214. The molecule has 102 valence electrons. The van der Waals surface area contributed by atoms with E-state index in [-0.39, 0.29) is 0 Å². The lowest BCUT2D eigenvalue weighted by atomic mass is 10.2. The molecule has 0 aliphatic rings. The number of hydrogen-bond donors (Lipinski definition) is 1. The van der Waals surface area contributed by atoms with Crippen LogP contribution in [0.25, 0.3) is 5.65 Å². The van der Waals surface area contributed by atoms with E-state index in [4.69, 9.17) is 5.73 Å². The molecule has 20 heavy (non-hydrogen) atoms. The highest BCUT2D eigenvalue weighted by Crippen LogP contribution is 2.25. The fourth-order valence-electron chi connectivity index (χ4n) is 2.15. The van der Waals surface area contributed by atoms with Gasteiger partial charge in [0.1, 0.15) is 6.33 Å². The minimum absolute atomic E-state index is 0.638. The number of aromatic nitrogens is 4. The highest BCUT2D eigenvalue weighted by Gasteiger charge is 2.15. The van der Waals surface area contributed by atoms with Crippen molar-refractivity contribution in [2.45, 2.75) is 6.42 Å². The molecule has 0 fully saturated rings. The molecule has 6 nitrogen and oxygen atoms in total. The van der Waals surface area contributed by atoms with Crippen molar-refractivity contribution in [1.29, 1.82) is 0 Å². The van der Waals surface area contributed by atoms with E-state index in [1.807, 2.05) is 28.8 Å². The Kier molecular flexibility index (Phi) is 3.56. The van der Waals surface area contributed by atoms with E-state index in [2.05, 4.69) is 32.2 Å². The third-order valence-corrected chi connectivity index (χ3v) is 3.11. The van der Waals surface area contributed by atoms with Gasteiger partial charge in [-0.3, -0.25) is 4.40 Å². The molecule has 3 aromatic rings. The molecule has 0 unspecified atom stereocenters. The molecule has 0 radical (unpaired) electrons. The van der Waals surface area contributed by atoms with Gasteiger partial charge in [-0.2, -0.15) is 0 Å². The van der Waals surface area contributed by atoms with Crippen LogP contribution in [0.1, 0.15) is 6.42 Å². The van der Waals surface area contributed by atoms with Crippen molar-refractivity contribution in [3.05, 3.63) is 49.1 Å². The second kappa shape index (κ2) is 5.66. The zero-order valence-electron chi connectivity index (χ0n) is 11.1. The van der Waals surface area contributed by atoms with Crippen molar-refractivity contribution >= 4 is 17.2 Å². The average Bonchev–Trinajstić information content (AvgIpc) is 2.98. The van der Waals surface area contributed by atoms with Gasteiger partial charge in [-0.1, -0.05) is 18.2 Å². The molecule has 0 spiro atoms. The number of rotatable bonds is 5. The molecule has 2 heterocycles. The van der Waals surface area contributed by atoms with Crippen LogP contribution < -0.4 is 10.6 Å². The van der Waals surface area contributed by atoms with Gasteiger partial charge in [-0.05, 0) is 25.1 Å². The van der Waals surface area contributed by atoms with Gasteiger partial charge in [0.2, 0.25) is 5.65 Å². The molecule has 0 bridgehead atoms. The highest BCUT2D eigenvalue weighted by atomic mass is 15.3. The molecule has 1 aromatic carbocycles. The van der Waals surface area contributed by atoms with Gasteiger partial charge < -0.3 is 10.6 Å². The third-order valence-electron chi connectivity index (χ3n) is 3.11. The van der Waals surface area contributed by atoms with Crippen molar-refractivity contribution in [3.63, 3.8) is 0 Å². The molecule has 0 atom stereocenters. The Bertz CT molecular complexity index is 678. The predicted molar refractivity (Wildman–Crippen MR) is 77.9 cm³/mol. The molecule has 0 saturated heterocycles. The van der Waals surface area contributed by atoms with E-state index < -0.39 is 0 Å².